The zero-order valence-corrected chi connectivity index (χ0v) is 9.74. The number of hydrogen-bond acceptors (Lipinski definition) is 1. The Labute approximate surface area is 94.6 Å². The van der Waals surface area contributed by atoms with Crippen LogP contribution in [0.3, 0.4) is 0 Å². The van der Waals surface area contributed by atoms with E-state index in [1.165, 1.54) is 13.0 Å². The van der Waals surface area contributed by atoms with E-state index >= 15 is 0 Å². The summed E-state index contributed by atoms with van der Waals surface area (Å²) in [7, 11) is 0. The molecule has 0 aromatic heterocycles. The van der Waals surface area contributed by atoms with Crippen molar-refractivity contribution in [2.24, 2.45) is 5.73 Å². The van der Waals surface area contributed by atoms with Gasteiger partial charge in [-0.25, -0.2) is 13.2 Å². The van der Waals surface area contributed by atoms with Gasteiger partial charge in [-0.2, -0.15) is 0 Å². The standard InChI is InChI=1S/C10H11BrF3N/c1-2-10(14,5-15)8-7(12)4-3-6(11)9(8)13/h3-4H,2,5,15H2,1H3. The normalized spacial score (nSPS) is 15.1. The van der Waals surface area contributed by atoms with E-state index in [0.717, 1.165) is 6.07 Å². The fraction of sp³-hybridized carbons (Fsp3) is 0.400. The van der Waals surface area contributed by atoms with E-state index in [4.69, 9.17) is 5.73 Å². The molecule has 2 N–H and O–H groups in total. The van der Waals surface area contributed by atoms with Crippen molar-refractivity contribution in [1.29, 1.82) is 0 Å². The van der Waals surface area contributed by atoms with E-state index in [0.29, 0.717) is 0 Å². The minimum atomic E-state index is -2.15. The van der Waals surface area contributed by atoms with E-state index < -0.39 is 29.4 Å². The van der Waals surface area contributed by atoms with Crippen molar-refractivity contribution in [3.8, 4) is 0 Å². The van der Waals surface area contributed by atoms with Gasteiger partial charge < -0.3 is 5.73 Å². The van der Waals surface area contributed by atoms with Crippen LogP contribution in [0.15, 0.2) is 16.6 Å². The summed E-state index contributed by atoms with van der Waals surface area (Å²) in [5.41, 5.74) is 2.46. The Morgan fingerprint density at radius 2 is 2.00 bits per heavy atom. The molecule has 0 fully saturated rings. The quantitative estimate of drug-likeness (QED) is 0.846. The highest BCUT2D eigenvalue weighted by Gasteiger charge is 2.35. The van der Waals surface area contributed by atoms with Crippen molar-refractivity contribution >= 4 is 15.9 Å². The van der Waals surface area contributed by atoms with Crippen molar-refractivity contribution in [3.63, 3.8) is 0 Å². The second-order valence-corrected chi connectivity index (χ2v) is 4.10. The Hall–Kier alpha value is -0.550. The van der Waals surface area contributed by atoms with Crippen LogP contribution in [-0.4, -0.2) is 6.54 Å². The molecule has 15 heavy (non-hydrogen) atoms. The third-order valence-corrected chi connectivity index (χ3v) is 2.99. The van der Waals surface area contributed by atoms with Crippen LogP contribution in [0.25, 0.3) is 0 Å². The van der Waals surface area contributed by atoms with Crippen LogP contribution >= 0.6 is 15.9 Å². The Kier molecular flexibility index (Phi) is 3.78. The van der Waals surface area contributed by atoms with Gasteiger partial charge in [-0.15, -0.1) is 0 Å². The lowest BCUT2D eigenvalue weighted by molar-refractivity contribution is 0.156. The minimum Gasteiger partial charge on any atom is -0.327 e. The van der Waals surface area contributed by atoms with Gasteiger partial charge in [-0.3, -0.25) is 0 Å². The van der Waals surface area contributed by atoms with Crippen molar-refractivity contribution in [2.45, 2.75) is 19.0 Å². The maximum atomic E-state index is 14.1. The maximum Gasteiger partial charge on any atom is 0.153 e. The van der Waals surface area contributed by atoms with Crippen molar-refractivity contribution < 1.29 is 13.2 Å². The smallest absolute Gasteiger partial charge is 0.153 e. The zero-order chi connectivity index (χ0) is 11.6. The van der Waals surface area contributed by atoms with E-state index in [1.807, 2.05) is 0 Å². The fourth-order valence-electron chi connectivity index (χ4n) is 1.36. The van der Waals surface area contributed by atoms with Crippen LogP contribution < -0.4 is 5.73 Å². The predicted molar refractivity (Wildman–Crippen MR) is 56.2 cm³/mol. The van der Waals surface area contributed by atoms with Crippen molar-refractivity contribution in [2.75, 3.05) is 6.54 Å². The van der Waals surface area contributed by atoms with Gasteiger partial charge >= 0.3 is 0 Å². The molecule has 5 heteroatoms. The van der Waals surface area contributed by atoms with Gasteiger partial charge in [-0.05, 0) is 34.5 Å². The second kappa shape index (κ2) is 4.53. The number of alkyl halides is 1. The third kappa shape index (κ3) is 2.18. The maximum absolute atomic E-state index is 14.1. The molecule has 0 aliphatic heterocycles. The monoisotopic (exact) mass is 281 g/mol. The molecule has 1 atom stereocenters. The van der Waals surface area contributed by atoms with Crippen LogP contribution in [0.2, 0.25) is 0 Å². The fourth-order valence-corrected chi connectivity index (χ4v) is 1.69. The number of rotatable bonds is 3. The molecular weight excluding hydrogens is 271 g/mol. The lowest BCUT2D eigenvalue weighted by Crippen LogP contribution is -2.32. The molecule has 0 bridgehead atoms. The molecule has 0 saturated heterocycles. The van der Waals surface area contributed by atoms with Gasteiger partial charge in [0.25, 0.3) is 0 Å². The van der Waals surface area contributed by atoms with Crippen LogP contribution in [0.5, 0.6) is 0 Å². The van der Waals surface area contributed by atoms with Crippen molar-refractivity contribution in [3.05, 3.63) is 33.8 Å². The van der Waals surface area contributed by atoms with E-state index in [2.05, 4.69) is 15.9 Å². The highest BCUT2D eigenvalue weighted by atomic mass is 79.9. The molecule has 0 saturated carbocycles. The largest absolute Gasteiger partial charge is 0.327 e. The van der Waals surface area contributed by atoms with E-state index in [-0.39, 0.29) is 10.9 Å². The molecule has 1 rings (SSSR count). The molecule has 0 radical (unpaired) electrons. The third-order valence-electron chi connectivity index (χ3n) is 2.38. The molecular formula is C10H11BrF3N. The SMILES string of the molecule is CCC(F)(CN)c1c(F)ccc(Br)c1F. The lowest BCUT2D eigenvalue weighted by Gasteiger charge is -2.23. The van der Waals surface area contributed by atoms with Gasteiger partial charge in [0.15, 0.2) is 5.67 Å². The second-order valence-electron chi connectivity index (χ2n) is 3.24. The van der Waals surface area contributed by atoms with Crippen molar-refractivity contribution in [1.82, 2.24) is 0 Å². The molecule has 1 nitrogen and oxygen atoms in total. The summed E-state index contributed by atoms with van der Waals surface area (Å²) in [5.74, 6) is -1.84. The Morgan fingerprint density at radius 1 is 1.40 bits per heavy atom. The highest BCUT2D eigenvalue weighted by Crippen LogP contribution is 2.35. The van der Waals surface area contributed by atoms with E-state index in [1.54, 1.807) is 0 Å². The summed E-state index contributed by atoms with van der Waals surface area (Å²) < 4.78 is 41.0. The number of hydrogen-bond donors (Lipinski definition) is 1. The number of halogens is 4. The Balaban J connectivity index is 3.41. The molecule has 0 aliphatic rings. The first kappa shape index (κ1) is 12.5. The summed E-state index contributed by atoms with van der Waals surface area (Å²) in [5, 5.41) is 0. The summed E-state index contributed by atoms with van der Waals surface area (Å²) in [6.07, 6.45) is -0.0756. The average Bonchev–Trinajstić information content (AvgIpc) is 2.23. The van der Waals surface area contributed by atoms with Gasteiger partial charge in [0.1, 0.15) is 11.6 Å². The van der Waals surface area contributed by atoms with Gasteiger partial charge in [0.2, 0.25) is 0 Å². The number of benzene rings is 1. The summed E-state index contributed by atoms with van der Waals surface area (Å²) in [4.78, 5) is 0. The topological polar surface area (TPSA) is 26.0 Å². The van der Waals surface area contributed by atoms with Crippen LogP contribution in [0, 0.1) is 11.6 Å². The first-order chi connectivity index (χ1) is 6.96. The first-order valence-electron chi connectivity index (χ1n) is 4.49. The van der Waals surface area contributed by atoms with Crippen LogP contribution in [-0.2, 0) is 5.67 Å². The molecule has 1 aromatic rings. The minimum absolute atomic E-state index is 0.0304. The summed E-state index contributed by atoms with van der Waals surface area (Å²) in [6.45, 7) is 1.04. The van der Waals surface area contributed by atoms with Gasteiger partial charge in [0.05, 0.1) is 10.0 Å². The van der Waals surface area contributed by atoms with Gasteiger partial charge in [0, 0.05) is 6.54 Å². The molecule has 0 amide bonds. The highest BCUT2D eigenvalue weighted by molar-refractivity contribution is 9.10. The average molecular weight is 282 g/mol. The summed E-state index contributed by atoms with van der Waals surface area (Å²) in [6, 6.07) is 2.21. The molecule has 84 valence electrons. The molecule has 1 aromatic carbocycles. The zero-order valence-electron chi connectivity index (χ0n) is 8.16. The first-order valence-corrected chi connectivity index (χ1v) is 5.28. The Bertz CT molecular complexity index is 364. The molecule has 1 unspecified atom stereocenters. The number of nitrogens with two attached hydrogens (primary N) is 1. The summed E-state index contributed by atoms with van der Waals surface area (Å²) >= 11 is 2.88. The van der Waals surface area contributed by atoms with E-state index in [9.17, 15) is 13.2 Å². The predicted octanol–water partition coefficient (Wildman–Crippen LogP) is 3.26. The lowest BCUT2D eigenvalue weighted by atomic mass is 9.92. The van der Waals surface area contributed by atoms with Crippen LogP contribution in [0.4, 0.5) is 13.2 Å². The molecule has 0 aliphatic carbocycles. The Morgan fingerprint density at radius 3 is 2.47 bits per heavy atom. The van der Waals surface area contributed by atoms with Crippen LogP contribution in [0.1, 0.15) is 18.9 Å². The molecule has 0 heterocycles. The van der Waals surface area contributed by atoms with Gasteiger partial charge in [-0.1, -0.05) is 6.92 Å². The molecule has 0 spiro atoms.